The highest BCUT2D eigenvalue weighted by atomic mass is 35.5. The number of thiazole rings is 1. The third-order valence-electron chi connectivity index (χ3n) is 3.35. The van der Waals surface area contributed by atoms with Crippen molar-refractivity contribution in [3.8, 4) is 0 Å². The molecule has 0 unspecified atom stereocenters. The van der Waals surface area contributed by atoms with Crippen LogP contribution in [-0.4, -0.2) is 42.7 Å². The summed E-state index contributed by atoms with van der Waals surface area (Å²) in [6, 6.07) is 0.0561. The van der Waals surface area contributed by atoms with E-state index < -0.39 is 10.0 Å². The Labute approximate surface area is 133 Å². The van der Waals surface area contributed by atoms with Crippen molar-refractivity contribution in [1.82, 2.24) is 14.6 Å². The number of halogens is 1. The monoisotopic (exact) mass is 351 g/mol. The van der Waals surface area contributed by atoms with E-state index in [0.29, 0.717) is 32.4 Å². The van der Waals surface area contributed by atoms with Crippen LogP contribution in [0.2, 0.25) is 4.47 Å². The number of rotatable bonds is 5. The highest BCUT2D eigenvalue weighted by molar-refractivity contribution is 7.91. The van der Waals surface area contributed by atoms with Crippen LogP contribution in [0.3, 0.4) is 0 Å². The van der Waals surface area contributed by atoms with E-state index in [1.165, 1.54) is 10.5 Å². The van der Waals surface area contributed by atoms with Gasteiger partial charge in [-0.05, 0) is 19.3 Å². The molecule has 9 heteroatoms. The molecule has 1 amide bonds. The molecule has 1 aromatic heterocycles. The molecule has 2 heterocycles. The molecule has 0 spiro atoms. The minimum Gasteiger partial charge on any atom is -0.353 e. The van der Waals surface area contributed by atoms with Gasteiger partial charge in [-0.1, -0.05) is 29.9 Å². The molecule has 118 valence electrons. The highest BCUT2D eigenvalue weighted by Gasteiger charge is 2.31. The average molecular weight is 352 g/mol. The molecule has 0 aliphatic carbocycles. The Hall–Kier alpha value is -0.700. The van der Waals surface area contributed by atoms with Crippen LogP contribution in [0.1, 0.15) is 32.6 Å². The number of hydrogen-bond acceptors (Lipinski definition) is 5. The van der Waals surface area contributed by atoms with Gasteiger partial charge in [-0.25, -0.2) is 13.4 Å². The zero-order valence-corrected chi connectivity index (χ0v) is 14.1. The van der Waals surface area contributed by atoms with Crippen molar-refractivity contribution in [3.05, 3.63) is 10.7 Å². The number of carbonyl (C=O) groups excluding carboxylic acids is 1. The number of hydrogen-bond donors (Lipinski definition) is 1. The zero-order chi connectivity index (χ0) is 15.5. The number of aromatic nitrogens is 1. The fraction of sp³-hybridized carbons (Fsp3) is 0.667. The van der Waals surface area contributed by atoms with Gasteiger partial charge in [-0.15, -0.1) is 0 Å². The summed E-state index contributed by atoms with van der Waals surface area (Å²) in [4.78, 5) is 15.3. The van der Waals surface area contributed by atoms with Crippen molar-refractivity contribution in [3.63, 3.8) is 0 Å². The molecule has 21 heavy (non-hydrogen) atoms. The van der Waals surface area contributed by atoms with Gasteiger partial charge in [0.2, 0.25) is 5.91 Å². The molecule has 0 radical (unpaired) electrons. The van der Waals surface area contributed by atoms with E-state index in [1.807, 2.05) is 6.92 Å². The summed E-state index contributed by atoms with van der Waals surface area (Å²) in [5.41, 5.74) is 0. The van der Waals surface area contributed by atoms with Crippen LogP contribution in [0.25, 0.3) is 0 Å². The van der Waals surface area contributed by atoms with Gasteiger partial charge < -0.3 is 5.32 Å². The molecule has 1 aromatic rings. The Bertz CT molecular complexity index is 595. The summed E-state index contributed by atoms with van der Waals surface area (Å²) in [7, 11) is -3.51. The second-order valence-corrected chi connectivity index (χ2v) is 8.71. The van der Waals surface area contributed by atoms with E-state index >= 15 is 0 Å². The van der Waals surface area contributed by atoms with Crippen LogP contribution in [-0.2, 0) is 14.8 Å². The summed E-state index contributed by atoms with van der Waals surface area (Å²) in [6.45, 7) is 2.75. The Morgan fingerprint density at radius 2 is 2.19 bits per heavy atom. The number of piperidine rings is 1. The maximum absolute atomic E-state index is 12.4. The van der Waals surface area contributed by atoms with Crippen molar-refractivity contribution in [2.24, 2.45) is 0 Å². The van der Waals surface area contributed by atoms with Crippen LogP contribution in [0.15, 0.2) is 10.4 Å². The summed E-state index contributed by atoms with van der Waals surface area (Å²) in [5.74, 6) is 0.0352. The lowest BCUT2D eigenvalue weighted by atomic mass is 10.1. The average Bonchev–Trinajstić information content (AvgIpc) is 2.87. The quantitative estimate of drug-likeness (QED) is 0.878. The molecule has 0 aromatic carbocycles. The van der Waals surface area contributed by atoms with Crippen molar-refractivity contribution in [2.45, 2.75) is 42.9 Å². The third-order valence-corrected chi connectivity index (χ3v) is 6.80. The first-order valence-electron chi connectivity index (χ1n) is 6.84. The molecule has 0 saturated carbocycles. The molecule has 1 aliphatic rings. The number of nitrogens with one attached hydrogen (secondary N) is 1. The maximum Gasteiger partial charge on any atom is 0.254 e. The van der Waals surface area contributed by atoms with Crippen LogP contribution in [0.5, 0.6) is 0 Å². The van der Waals surface area contributed by atoms with Crippen molar-refractivity contribution in [2.75, 3.05) is 13.1 Å². The summed E-state index contributed by atoms with van der Waals surface area (Å²) in [6.07, 6.45) is 3.86. The van der Waals surface area contributed by atoms with Crippen molar-refractivity contribution >= 4 is 38.9 Å². The van der Waals surface area contributed by atoms with Gasteiger partial charge >= 0.3 is 0 Å². The largest absolute Gasteiger partial charge is 0.353 e. The first-order chi connectivity index (χ1) is 9.93. The van der Waals surface area contributed by atoms with Crippen LogP contribution in [0.4, 0.5) is 0 Å². The molecule has 1 N–H and O–H groups in total. The Kier molecular flexibility index (Phi) is 5.59. The molecule has 0 atom stereocenters. The second kappa shape index (κ2) is 7.04. The SMILES string of the molecule is CCCC(=O)NC1CCN(S(=O)(=O)c2cnc(Cl)s2)CC1. The molecular formula is C12H18ClN3O3S2. The topological polar surface area (TPSA) is 79.4 Å². The van der Waals surface area contributed by atoms with Gasteiger partial charge in [0.1, 0.15) is 0 Å². The van der Waals surface area contributed by atoms with E-state index in [1.54, 1.807) is 0 Å². The van der Waals surface area contributed by atoms with E-state index in [0.717, 1.165) is 17.8 Å². The normalized spacial score (nSPS) is 17.8. The summed E-state index contributed by atoms with van der Waals surface area (Å²) >= 11 is 6.65. The lowest BCUT2D eigenvalue weighted by Crippen LogP contribution is -2.46. The molecular weight excluding hydrogens is 334 g/mol. The first-order valence-corrected chi connectivity index (χ1v) is 9.47. The van der Waals surface area contributed by atoms with E-state index in [2.05, 4.69) is 10.3 Å². The minimum absolute atomic E-state index is 0.0352. The highest BCUT2D eigenvalue weighted by Crippen LogP contribution is 2.27. The number of carbonyl (C=O) groups is 1. The maximum atomic E-state index is 12.4. The lowest BCUT2D eigenvalue weighted by molar-refractivity contribution is -0.122. The van der Waals surface area contributed by atoms with Crippen molar-refractivity contribution < 1.29 is 13.2 Å². The van der Waals surface area contributed by atoms with Crippen LogP contribution >= 0.6 is 22.9 Å². The number of amides is 1. The smallest absolute Gasteiger partial charge is 0.254 e. The fourth-order valence-corrected chi connectivity index (χ4v) is 5.17. The zero-order valence-electron chi connectivity index (χ0n) is 11.7. The van der Waals surface area contributed by atoms with E-state index in [4.69, 9.17) is 11.6 Å². The number of nitrogens with zero attached hydrogens (tertiary/aromatic N) is 2. The molecule has 2 rings (SSSR count). The van der Waals surface area contributed by atoms with E-state index in [9.17, 15) is 13.2 Å². The van der Waals surface area contributed by atoms with Gasteiger partial charge in [0.25, 0.3) is 10.0 Å². The minimum atomic E-state index is -3.51. The van der Waals surface area contributed by atoms with Crippen LogP contribution < -0.4 is 5.32 Å². The van der Waals surface area contributed by atoms with Crippen molar-refractivity contribution in [1.29, 1.82) is 0 Å². The van der Waals surface area contributed by atoms with Gasteiger partial charge in [0.05, 0.1) is 6.20 Å². The predicted octanol–water partition coefficient (Wildman–Crippen LogP) is 1.87. The van der Waals surface area contributed by atoms with Gasteiger partial charge in [0.15, 0.2) is 8.68 Å². The summed E-state index contributed by atoms with van der Waals surface area (Å²) in [5, 5.41) is 2.94. The second-order valence-electron chi connectivity index (χ2n) is 4.93. The Morgan fingerprint density at radius 3 is 2.71 bits per heavy atom. The Morgan fingerprint density at radius 1 is 1.52 bits per heavy atom. The predicted molar refractivity (Wildman–Crippen MR) is 82.0 cm³/mol. The van der Waals surface area contributed by atoms with E-state index in [-0.39, 0.29) is 20.6 Å². The summed E-state index contributed by atoms with van der Waals surface area (Å²) < 4.78 is 26.6. The van der Waals surface area contributed by atoms with Gasteiger partial charge in [0, 0.05) is 25.6 Å². The first kappa shape index (κ1) is 16.7. The molecule has 6 nitrogen and oxygen atoms in total. The molecule has 0 bridgehead atoms. The van der Waals surface area contributed by atoms with Gasteiger partial charge in [-0.2, -0.15) is 4.31 Å². The van der Waals surface area contributed by atoms with Crippen LogP contribution in [0, 0.1) is 0 Å². The van der Waals surface area contributed by atoms with Gasteiger partial charge in [-0.3, -0.25) is 4.79 Å². The molecule has 1 fully saturated rings. The number of sulfonamides is 1. The Balaban J connectivity index is 1.93. The third kappa shape index (κ3) is 4.15. The fourth-order valence-electron chi connectivity index (χ4n) is 2.25. The lowest BCUT2D eigenvalue weighted by Gasteiger charge is -2.31. The standard InChI is InChI=1S/C12H18ClN3O3S2/c1-2-3-10(17)15-9-4-6-16(7-5-9)21(18,19)11-8-14-12(13)20-11/h8-9H,2-7H2,1H3,(H,15,17). The molecule has 1 saturated heterocycles. The molecule has 1 aliphatic heterocycles.